The molecule has 2 heterocycles. The molecule has 1 aliphatic carbocycles. The molecule has 0 bridgehead atoms. The van der Waals surface area contributed by atoms with Crippen LogP contribution < -0.4 is 11.2 Å². The lowest BCUT2D eigenvalue weighted by molar-refractivity contribution is 0.0192. The molecule has 0 spiro atoms. The van der Waals surface area contributed by atoms with Crippen molar-refractivity contribution in [1.82, 2.24) is 14.9 Å². The van der Waals surface area contributed by atoms with Gasteiger partial charge >= 0.3 is 5.69 Å². The van der Waals surface area contributed by atoms with Crippen LogP contribution in [0.5, 0.6) is 0 Å². The van der Waals surface area contributed by atoms with Crippen molar-refractivity contribution < 1.29 is 9.90 Å². The number of carbonyl (C=O) groups excluding carboxylic acids is 1. The molecular formula is C15H21N3O4. The maximum atomic E-state index is 12.5. The van der Waals surface area contributed by atoms with Crippen LogP contribution in [0, 0.1) is 11.3 Å². The number of carbonyl (C=O) groups is 1. The van der Waals surface area contributed by atoms with Crippen LogP contribution in [0.2, 0.25) is 0 Å². The third-order valence-corrected chi connectivity index (χ3v) is 4.69. The maximum Gasteiger partial charge on any atom is 0.326 e. The average molecular weight is 307 g/mol. The summed E-state index contributed by atoms with van der Waals surface area (Å²) in [6, 6.07) is 1.11. The first-order valence-corrected chi connectivity index (χ1v) is 7.75. The fourth-order valence-electron chi connectivity index (χ4n) is 3.43. The number of aromatic nitrogens is 2. The first kappa shape index (κ1) is 15.0. The molecule has 22 heavy (non-hydrogen) atoms. The Morgan fingerprint density at radius 3 is 2.77 bits per heavy atom. The first-order valence-electron chi connectivity index (χ1n) is 7.75. The van der Waals surface area contributed by atoms with E-state index in [0.29, 0.717) is 19.0 Å². The highest BCUT2D eigenvalue weighted by molar-refractivity contribution is 5.92. The second-order valence-electron chi connectivity index (χ2n) is 6.64. The Morgan fingerprint density at radius 1 is 1.36 bits per heavy atom. The number of aliphatic hydroxyl groups excluding tert-OH is 1. The molecule has 1 amide bonds. The summed E-state index contributed by atoms with van der Waals surface area (Å²) in [7, 11) is 0. The van der Waals surface area contributed by atoms with E-state index in [9.17, 15) is 19.5 Å². The number of hydrogen-bond acceptors (Lipinski definition) is 4. The van der Waals surface area contributed by atoms with E-state index in [4.69, 9.17) is 0 Å². The summed E-state index contributed by atoms with van der Waals surface area (Å²) in [6.45, 7) is 1.13. The minimum atomic E-state index is -0.681. The Bertz CT molecular complexity index is 648. The second kappa shape index (κ2) is 5.72. The van der Waals surface area contributed by atoms with E-state index in [0.717, 1.165) is 25.3 Å². The summed E-state index contributed by atoms with van der Waals surface area (Å²) in [5.41, 5.74) is -1.50. The molecule has 0 aromatic carbocycles. The molecule has 1 atom stereocenters. The van der Waals surface area contributed by atoms with Gasteiger partial charge in [-0.25, -0.2) is 4.79 Å². The van der Waals surface area contributed by atoms with Crippen molar-refractivity contribution in [2.75, 3.05) is 19.7 Å². The van der Waals surface area contributed by atoms with Gasteiger partial charge in [-0.15, -0.1) is 0 Å². The van der Waals surface area contributed by atoms with Crippen molar-refractivity contribution in [3.8, 4) is 0 Å². The Labute approximate surface area is 127 Å². The van der Waals surface area contributed by atoms with Gasteiger partial charge in [0.2, 0.25) is 0 Å². The van der Waals surface area contributed by atoms with Crippen LogP contribution in [0.3, 0.4) is 0 Å². The highest BCUT2D eigenvalue weighted by atomic mass is 16.3. The van der Waals surface area contributed by atoms with Gasteiger partial charge in [0, 0.05) is 24.6 Å². The van der Waals surface area contributed by atoms with E-state index in [1.54, 1.807) is 4.90 Å². The number of nitrogens with zero attached hydrogens (tertiary/aromatic N) is 1. The smallest absolute Gasteiger partial charge is 0.326 e. The summed E-state index contributed by atoms with van der Waals surface area (Å²) < 4.78 is 0. The van der Waals surface area contributed by atoms with Crippen LogP contribution in [0.25, 0.3) is 0 Å². The zero-order chi connectivity index (χ0) is 15.7. The Balaban J connectivity index is 1.79. The molecule has 3 N–H and O–H groups in total. The molecule has 120 valence electrons. The van der Waals surface area contributed by atoms with Gasteiger partial charge in [0.05, 0.1) is 6.61 Å². The highest BCUT2D eigenvalue weighted by Crippen LogP contribution is 2.44. The second-order valence-corrected chi connectivity index (χ2v) is 6.64. The van der Waals surface area contributed by atoms with Gasteiger partial charge in [-0.05, 0) is 25.2 Å². The van der Waals surface area contributed by atoms with Gasteiger partial charge in [0.25, 0.3) is 11.5 Å². The predicted molar refractivity (Wildman–Crippen MR) is 79.7 cm³/mol. The largest absolute Gasteiger partial charge is 0.396 e. The topological polar surface area (TPSA) is 106 Å². The SMILES string of the molecule is O=C(c1cc(=O)[nH]c(=O)[nH]1)N1CCC[C@@](CO)(CC2CC2)C1. The molecule has 1 aliphatic heterocycles. The Morgan fingerprint density at radius 2 is 2.14 bits per heavy atom. The van der Waals surface area contributed by atoms with Crippen molar-refractivity contribution >= 4 is 5.91 Å². The molecule has 1 aromatic heterocycles. The van der Waals surface area contributed by atoms with Crippen molar-refractivity contribution in [1.29, 1.82) is 0 Å². The third kappa shape index (κ3) is 3.14. The van der Waals surface area contributed by atoms with Crippen molar-refractivity contribution in [2.24, 2.45) is 11.3 Å². The molecule has 1 saturated heterocycles. The number of hydrogen-bond donors (Lipinski definition) is 3. The van der Waals surface area contributed by atoms with E-state index in [1.165, 1.54) is 12.8 Å². The lowest BCUT2D eigenvalue weighted by atomic mass is 9.76. The van der Waals surface area contributed by atoms with Gasteiger partial charge in [-0.2, -0.15) is 0 Å². The van der Waals surface area contributed by atoms with Crippen LogP contribution in [-0.2, 0) is 0 Å². The zero-order valence-corrected chi connectivity index (χ0v) is 12.4. The predicted octanol–water partition coefficient (Wildman–Crippen LogP) is 0.0780. The minimum Gasteiger partial charge on any atom is -0.396 e. The summed E-state index contributed by atoms with van der Waals surface area (Å²) in [4.78, 5) is 41.3. The van der Waals surface area contributed by atoms with E-state index in [-0.39, 0.29) is 23.6 Å². The monoisotopic (exact) mass is 307 g/mol. The fraction of sp³-hybridized carbons (Fsp3) is 0.667. The molecule has 1 saturated carbocycles. The van der Waals surface area contributed by atoms with Crippen LogP contribution >= 0.6 is 0 Å². The number of nitrogens with one attached hydrogen (secondary N) is 2. The van der Waals surface area contributed by atoms with Gasteiger partial charge in [0.15, 0.2) is 0 Å². The van der Waals surface area contributed by atoms with E-state index >= 15 is 0 Å². The summed E-state index contributed by atoms with van der Waals surface area (Å²) in [6.07, 6.45) is 5.09. The standard InChI is InChI=1S/C15H21N3O4/c19-9-15(7-10-2-3-10)4-1-5-18(8-15)13(21)11-6-12(20)17-14(22)16-11/h6,10,19H,1-5,7-9H2,(H2,16,17,20,22)/t15-/m1/s1. The highest BCUT2D eigenvalue weighted by Gasteiger charge is 2.41. The summed E-state index contributed by atoms with van der Waals surface area (Å²) in [5, 5.41) is 9.83. The molecule has 1 aromatic rings. The number of piperidine rings is 1. The summed E-state index contributed by atoms with van der Waals surface area (Å²) in [5.74, 6) is 0.318. The first-order chi connectivity index (χ1) is 10.5. The number of aromatic amines is 2. The molecule has 2 fully saturated rings. The molecule has 2 aliphatic rings. The van der Waals surface area contributed by atoms with Gasteiger partial charge in [-0.3, -0.25) is 14.6 Å². The van der Waals surface area contributed by atoms with Gasteiger partial charge < -0.3 is 15.0 Å². The van der Waals surface area contributed by atoms with E-state index in [2.05, 4.69) is 9.97 Å². The molecule has 7 nitrogen and oxygen atoms in total. The number of aliphatic hydroxyl groups is 1. The Hall–Kier alpha value is -1.89. The average Bonchev–Trinajstić information content (AvgIpc) is 3.29. The third-order valence-electron chi connectivity index (χ3n) is 4.69. The van der Waals surface area contributed by atoms with Crippen molar-refractivity contribution in [2.45, 2.75) is 32.1 Å². The van der Waals surface area contributed by atoms with Crippen LogP contribution in [0.15, 0.2) is 15.7 Å². The molecule has 3 rings (SSSR count). The fourth-order valence-corrected chi connectivity index (χ4v) is 3.43. The maximum absolute atomic E-state index is 12.5. The number of likely N-dealkylation sites (tertiary alicyclic amines) is 1. The molecule has 0 unspecified atom stereocenters. The van der Waals surface area contributed by atoms with Crippen LogP contribution in [-0.4, -0.2) is 45.6 Å². The quantitative estimate of drug-likeness (QED) is 0.732. The van der Waals surface area contributed by atoms with Gasteiger partial charge in [0.1, 0.15) is 5.69 Å². The van der Waals surface area contributed by atoms with Gasteiger partial charge in [-0.1, -0.05) is 12.8 Å². The summed E-state index contributed by atoms with van der Waals surface area (Å²) >= 11 is 0. The van der Waals surface area contributed by atoms with Crippen LogP contribution in [0.1, 0.15) is 42.6 Å². The zero-order valence-electron chi connectivity index (χ0n) is 12.4. The normalized spacial score (nSPS) is 25.2. The van der Waals surface area contributed by atoms with Crippen molar-refractivity contribution in [3.63, 3.8) is 0 Å². The minimum absolute atomic E-state index is 0.00825. The van der Waals surface area contributed by atoms with Crippen LogP contribution in [0.4, 0.5) is 0 Å². The van der Waals surface area contributed by atoms with E-state index in [1.807, 2.05) is 0 Å². The number of H-pyrrole nitrogens is 2. The number of rotatable bonds is 4. The molecule has 0 radical (unpaired) electrons. The van der Waals surface area contributed by atoms with E-state index < -0.39 is 11.2 Å². The molecular weight excluding hydrogens is 286 g/mol. The lowest BCUT2D eigenvalue weighted by Crippen LogP contribution is -2.48. The lowest BCUT2D eigenvalue weighted by Gasteiger charge is -2.42. The van der Waals surface area contributed by atoms with Crippen molar-refractivity contribution in [3.05, 3.63) is 32.6 Å². The number of amides is 1. The molecule has 7 heteroatoms. The Kier molecular flexibility index (Phi) is 3.90.